The molecule has 0 bridgehead atoms. The predicted molar refractivity (Wildman–Crippen MR) is 68.8 cm³/mol. The topological polar surface area (TPSA) is 74.8 Å². The van der Waals surface area contributed by atoms with E-state index in [4.69, 9.17) is 11.6 Å². The molecule has 0 saturated carbocycles. The van der Waals surface area contributed by atoms with Crippen LogP contribution in [-0.2, 0) is 10.0 Å². The summed E-state index contributed by atoms with van der Waals surface area (Å²) in [6, 6.07) is 9.29. The Morgan fingerprint density at radius 2 is 2.06 bits per heavy atom. The molecule has 2 aromatic rings. The fourth-order valence-corrected chi connectivity index (χ4v) is 2.70. The van der Waals surface area contributed by atoms with Gasteiger partial charge in [0.15, 0.2) is 0 Å². The molecule has 1 atom stereocenters. The van der Waals surface area contributed by atoms with Gasteiger partial charge in [-0.1, -0.05) is 30.3 Å². The Morgan fingerprint density at radius 1 is 1.33 bits per heavy atom. The quantitative estimate of drug-likeness (QED) is 0.821. The van der Waals surface area contributed by atoms with Crippen LogP contribution in [0.25, 0.3) is 0 Å². The number of rotatable bonds is 5. The summed E-state index contributed by atoms with van der Waals surface area (Å²) in [5, 5.41) is 5.64. The summed E-state index contributed by atoms with van der Waals surface area (Å²) in [4.78, 5) is 0.0967. The van der Waals surface area contributed by atoms with Crippen molar-refractivity contribution in [2.75, 3.05) is 6.54 Å². The Bertz CT molecular complexity index is 584. The third kappa shape index (κ3) is 3.10. The van der Waals surface area contributed by atoms with Crippen LogP contribution < -0.4 is 4.72 Å². The molecule has 0 aliphatic carbocycles. The normalized spacial score (nSPS) is 13.4. The lowest BCUT2D eigenvalue weighted by molar-refractivity contribution is 0.581. The lowest BCUT2D eigenvalue weighted by Crippen LogP contribution is -2.26. The number of halogens is 1. The molecule has 2 N–H and O–H groups in total. The third-order valence-electron chi connectivity index (χ3n) is 2.40. The highest BCUT2D eigenvalue weighted by Crippen LogP contribution is 2.19. The summed E-state index contributed by atoms with van der Waals surface area (Å²) in [6.07, 6.45) is 2.56. The first-order valence-corrected chi connectivity index (χ1v) is 7.19. The van der Waals surface area contributed by atoms with Gasteiger partial charge in [0, 0.05) is 12.7 Å². The van der Waals surface area contributed by atoms with Gasteiger partial charge in [-0.25, -0.2) is 13.1 Å². The molecule has 0 spiro atoms. The zero-order valence-electron chi connectivity index (χ0n) is 9.38. The van der Waals surface area contributed by atoms with Crippen LogP contribution in [0, 0.1) is 0 Å². The molecule has 1 unspecified atom stereocenters. The first-order valence-electron chi connectivity index (χ1n) is 5.27. The molecule has 96 valence electrons. The summed E-state index contributed by atoms with van der Waals surface area (Å²) in [6.45, 7) is 0.124. The molecule has 1 aromatic carbocycles. The number of aromatic nitrogens is 2. The maximum atomic E-state index is 11.8. The number of benzene rings is 1. The molecule has 1 aromatic heterocycles. The first kappa shape index (κ1) is 13.1. The zero-order chi connectivity index (χ0) is 13.0. The van der Waals surface area contributed by atoms with Crippen molar-refractivity contribution in [3.8, 4) is 0 Å². The summed E-state index contributed by atoms with van der Waals surface area (Å²) in [7, 11) is -3.55. The minimum absolute atomic E-state index is 0.0967. The molecule has 5 nitrogen and oxygen atoms in total. The second kappa shape index (κ2) is 5.51. The third-order valence-corrected chi connectivity index (χ3v) is 4.19. The van der Waals surface area contributed by atoms with E-state index in [1.54, 1.807) is 0 Å². The van der Waals surface area contributed by atoms with Crippen molar-refractivity contribution in [3.63, 3.8) is 0 Å². The first-order chi connectivity index (χ1) is 8.59. The smallest absolute Gasteiger partial charge is 0.243 e. The van der Waals surface area contributed by atoms with Crippen LogP contribution in [0.3, 0.4) is 0 Å². The molecule has 1 heterocycles. The lowest BCUT2D eigenvalue weighted by Gasteiger charge is -2.10. The highest BCUT2D eigenvalue weighted by molar-refractivity contribution is 7.89. The Morgan fingerprint density at radius 3 is 2.67 bits per heavy atom. The molecule has 0 fully saturated rings. The zero-order valence-corrected chi connectivity index (χ0v) is 10.9. The van der Waals surface area contributed by atoms with Crippen molar-refractivity contribution in [1.29, 1.82) is 0 Å². The van der Waals surface area contributed by atoms with Gasteiger partial charge in [-0.15, -0.1) is 11.6 Å². The second-order valence-electron chi connectivity index (χ2n) is 3.66. The molecule has 7 heteroatoms. The Hall–Kier alpha value is -1.37. The van der Waals surface area contributed by atoms with Gasteiger partial charge in [0.2, 0.25) is 10.0 Å². The molecular weight excluding hydrogens is 274 g/mol. The van der Waals surface area contributed by atoms with Crippen LogP contribution in [0.5, 0.6) is 0 Å². The van der Waals surface area contributed by atoms with Crippen LogP contribution in [0.4, 0.5) is 0 Å². The van der Waals surface area contributed by atoms with Gasteiger partial charge in [0.1, 0.15) is 4.90 Å². The SMILES string of the molecule is O=S(=O)(NCC(Cl)c1ccccc1)c1cn[nH]c1. The molecule has 0 amide bonds. The number of aromatic amines is 1. The fourth-order valence-electron chi connectivity index (χ4n) is 1.43. The molecule has 0 radical (unpaired) electrons. The minimum Gasteiger partial charge on any atom is -0.284 e. The van der Waals surface area contributed by atoms with E-state index >= 15 is 0 Å². The highest BCUT2D eigenvalue weighted by atomic mass is 35.5. The predicted octanol–water partition coefficient (Wildman–Crippen LogP) is 1.67. The van der Waals surface area contributed by atoms with Gasteiger partial charge in [0.05, 0.1) is 11.6 Å². The van der Waals surface area contributed by atoms with E-state index in [1.807, 2.05) is 30.3 Å². The average Bonchev–Trinajstić information content (AvgIpc) is 2.92. The van der Waals surface area contributed by atoms with E-state index in [0.717, 1.165) is 5.56 Å². The van der Waals surface area contributed by atoms with Gasteiger partial charge in [-0.3, -0.25) is 5.10 Å². The van der Waals surface area contributed by atoms with E-state index in [0.29, 0.717) is 0 Å². The molecule has 0 aliphatic heterocycles. The van der Waals surface area contributed by atoms with Crippen molar-refractivity contribution < 1.29 is 8.42 Å². The minimum atomic E-state index is -3.55. The fraction of sp³-hybridized carbons (Fsp3) is 0.182. The highest BCUT2D eigenvalue weighted by Gasteiger charge is 2.17. The molecular formula is C11H12ClN3O2S. The van der Waals surface area contributed by atoms with Crippen LogP contribution in [-0.4, -0.2) is 25.2 Å². The summed E-state index contributed by atoms with van der Waals surface area (Å²) in [5.74, 6) is 0. The summed E-state index contributed by atoms with van der Waals surface area (Å²) in [5.41, 5.74) is 0.870. The van der Waals surface area contributed by atoms with E-state index in [1.165, 1.54) is 12.4 Å². The number of hydrogen-bond donors (Lipinski definition) is 2. The van der Waals surface area contributed by atoms with Crippen molar-refractivity contribution in [2.45, 2.75) is 10.3 Å². The van der Waals surface area contributed by atoms with E-state index in [-0.39, 0.29) is 11.4 Å². The maximum absolute atomic E-state index is 11.8. The second-order valence-corrected chi connectivity index (χ2v) is 5.96. The largest absolute Gasteiger partial charge is 0.284 e. The van der Waals surface area contributed by atoms with Gasteiger partial charge < -0.3 is 0 Å². The number of sulfonamides is 1. The van der Waals surface area contributed by atoms with Gasteiger partial charge in [0.25, 0.3) is 0 Å². The lowest BCUT2D eigenvalue weighted by atomic mass is 10.1. The van der Waals surface area contributed by atoms with Crippen molar-refractivity contribution in [3.05, 3.63) is 48.3 Å². The number of H-pyrrole nitrogens is 1. The van der Waals surface area contributed by atoms with Crippen molar-refractivity contribution >= 4 is 21.6 Å². The molecule has 18 heavy (non-hydrogen) atoms. The van der Waals surface area contributed by atoms with Crippen LogP contribution >= 0.6 is 11.6 Å². The Kier molecular flexibility index (Phi) is 4.00. The van der Waals surface area contributed by atoms with E-state index in [9.17, 15) is 8.42 Å². The van der Waals surface area contributed by atoms with E-state index < -0.39 is 15.4 Å². The number of alkyl halides is 1. The molecule has 0 aliphatic rings. The monoisotopic (exact) mass is 285 g/mol. The van der Waals surface area contributed by atoms with Crippen LogP contribution in [0.1, 0.15) is 10.9 Å². The average molecular weight is 286 g/mol. The summed E-state index contributed by atoms with van der Waals surface area (Å²) >= 11 is 6.12. The van der Waals surface area contributed by atoms with Gasteiger partial charge >= 0.3 is 0 Å². The molecule has 0 saturated heterocycles. The number of hydrogen-bond acceptors (Lipinski definition) is 3. The van der Waals surface area contributed by atoms with Crippen LogP contribution in [0.2, 0.25) is 0 Å². The number of nitrogens with zero attached hydrogens (tertiary/aromatic N) is 1. The summed E-state index contributed by atoms with van der Waals surface area (Å²) < 4.78 is 26.0. The van der Waals surface area contributed by atoms with E-state index in [2.05, 4.69) is 14.9 Å². The Balaban J connectivity index is 2.00. The number of nitrogens with one attached hydrogen (secondary N) is 2. The van der Waals surface area contributed by atoms with Crippen LogP contribution in [0.15, 0.2) is 47.6 Å². The Labute approximate surface area is 110 Å². The van der Waals surface area contributed by atoms with Crippen molar-refractivity contribution in [2.24, 2.45) is 0 Å². The van der Waals surface area contributed by atoms with Gasteiger partial charge in [-0.05, 0) is 5.56 Å². The van der Waals surface area contributed by atoms with Crippen molar-refractivity contribution in [1.82, 2.24) is 14.9 Å². The van der Waals surface area contributed by atoms with Gasteiger partial charge in [-0.2, -0.15) is 5.10 Å². The molecule has 2 rings (SSSR count). The standard InChI is InChI=1S/C11H12ClN3O2S/c12-11(9-4-2-1-3-5-9)8-15-18(16,17)10-6-13-14-7-10/h1-7,11,15H,8H2,(H,13,14). The maximum Gasteiger partial charge on any atom is 0.243 e.